The second-order valence-electron chi connectivity index (χ2n) is 7.63. The zero-order valence-electron chi connectivity index (χ0n) is 16.4. The zero-order chi connectivity index (χ0) is 19.3. The first kappa shape index (κ1) is 20.1. The molecule has 1 aliphatic carbocycles. The van der Waals surface area contributed by atoms with Crippen molar-refractivity contribution in [2.45, 2.75) is 57.0 Å². The third kappa shape index (κ3) is 4.42. The molecule has 1 saturated carbocycles. The topological polar surface area (TPSA) is 36.9 Å². The number of nitrogens with zero attached hydrogens (tertiary/aromatic N) is 2. The van der Waals surface area contributed by atoms with Crippen molar-refractivity contribution in [3.05, 3.63) is 35.4 Å². The van der Waals surface area contributed by atoms with Crippen LogP contribution in [-0.4, -0.2) is 50.3 Å². The highest BCUT2D eigenvalue weighted by Gasteiger charge is 2.40. The Kier molecular flexibility index (Phi) is 6.68. The van der Waals surface area contributed by atoms with Crippen LogP contribution in [0.2, 0.25) is 0 Å². The largest absolute Gasteiger partial charge is 0.378 e. The standard InChI is InChI=1S/C21H31F2N3O/c1-3-27-16-9-13-26(14-10-16)20(24-2)25-15-21(11-4-5-12-21)19-17(22)7-6-8-18(19)23/h6-8,16H,3-5,9-15H2,1-2H3,(H,24,25). The van der Waals surface area contributed by atoms with Gasteiger partial charge in [0.1, 0.15) is 11.6 Å². The molecule has 150 valence electrons. The number of nitrogens with one attached hydrogen (secondary N) is 1. The average molecular weight is 379 g/mol. The summed E-state index contributed by atoms with van der Waals surface area (Å²) in [5, 5.41) is 3.42. The Balaban J connectivity index is 1.69. The number of hydrogen-bond acceptors (Lipinski definition) is 2. The molecule has 1 saturated heterocycles. The first-order valence-electron chi connectivity index (χ1n) is 10.1. The van der Waals surface area contributed by atoms with Crippen molar-refractivity contribution in [2.24, 2.45) is 4.99 Å². The fourth-order valence-electron chi connectivity index (χ4n) is 4.62. The quantitative estimate of drug-likeness (QED) is 0.624. The third-order valence-electron chi connectivity index (χ3n) is 5.99. The Labute approximate surface area is 161 Å². The van der Waals surface area contributed by atoms with Crippen LogP contribution in [0.15, 0.2) is 23.2 Å². The molecule has 27 heavy (non-hydrogen) atoms. The van der Waals surface area contributed by atoms with E-state index in [1.807, 2.05) is 6.92 Å². The number of aliphatic imine (C=N–C) groups is 1. The number of halogens is 2. The summed E-state index contributed by atoms with van der Waals surface area (Å²) in [6.45, 7) is 5.03. The molecule has 2 aliphatic rings. The van der Waals surface area contributed by atoms with Crippen molar-refractivity contribution < 1.29 is 13.5 Å². The number of ether oxygens (including phenoxy) is 1. The molecule has 1 N–H and O–H groups in total. The summed E-state index contributed by atoms with van der Waals surface area (Å²) >= 11 is 0. The summed E-state index contributed by atoms with van der Waals surface area (Å²) in [5.74, 6) is -0.0644. The van der Waals surface area contributed by atoms with Crippen molar-refractivity contribution in [3.63, 3.8) is 0 Å². The van der Waals surface area contributed by atoms with Crippen molar-refractivity contribution in [3.8, 4) is 0 Å². The van der Waals surface area contributed by atoms with Gasteiger partial charge in [-0.25, -0.2) is 8.78 Å². The van der Waals surface area contributed by atoms with Gasteiger partial charge in [0.15, 0.2) is 5.96 Å². The van der Waals surface area contributed by atoms with E-state index in [2.05, 4.69) is 15.2 Å². The summed E-state index contributed by atoms with van der Waals surface area (Å²) in [6, 6.07) is 4.17. The van der Waals surface area contributed by atoms with Gasteiger partial charge in [0, 0.05) is 44.3 Å². The molecule has 1 aliphatic heterocycles. The first-order valence-corrected chi connectivity index (χ1v) is 10.1. The molecule has 2 fully saturated rings. The second kappa shape index (κ2) is 9.00. The van der Waals surface area contributed by atoms with E-state index in [1.165, 1.54) is 18.2 Å². The Bertz CT molecular complexity index is 631. The SMILES string of the molecule is CCOC1CCN(C(=NC)NCC2(c3c(F)cccc3F)CCCC2)CC1. The van der Waals surface area contributed by atoms with Crippen LogP contribution in [-0.2, 0) is 10.2 Å². The predicted octanol–water partition coefficient (Wildman–Crippen LogP) is 3.85. The molecule has 1 heterocycles. The van der Waals surface area contributed by atoms with E-state index in [9.17, 15) is 8.78 Å². The van der Waals surface area contributed by atoms with E-state index in [4.69, 9.17) is 4.74 Å². The average Bonchev–Trinajstić information content (AvgIpc) is 3.13. The van der Waals surface area contributed by atoms with Gasteiger partial charge in [-0.15, -0.1) is 0 Å². The van der Waals surface area contributed by atoms with E-state index in [-0.39, 0.29) is 5.56 Å². The summed E-state index contributed by atoms with van der Waals surface area (Å²) in [5.41, 5.74) is -0.268. The summed E-state index contributed by atoms with van der Waals surface area (Å²) in [4.78, 5) is 6.63. The van der Waals surface area contributed by atoms with Crippen LogP contribution < -0.4 is 5.32 Å². The highest BCUT2D eigenvalue weighted by Crippen LogP contribution is 2.42. The number of hydrogen-bond donors (Lipinski definition) is 1. The lowest BCUT2D eigenvalue weighted by Gasteiger charge is -2.36. The van der Waals surface area contributed by atoms with Crippen LogP contribution in [0.1, 0.15) is 51.0 Å². The van der Waals surface area contributed by atoms with Crippen molar-refractivity contribution >= 4 is 5.96 Å². The van der Waals surface area contributed by atoms with E-state index >= 15 is 0 Å². The summed E-state index contributed by atoms with van der Waals surface area (Å²) in [6.07, 6.45) is 5.84. The molecule has 0 spiro atoms. The second-order valence-corrected chi connectivity index (χ2v) is 7.63. The normalized spacial score (nSPS) is 20.9. The van der Waals surface area contributed by atoms with Crippen LogP contribution in [0.25, 0.3) is 0 Å². The molecule has 0 bridgehead atoms. The fraction of sp³-hybridized carbons (Fsp3) is 0.667. The number of rotatable bonds is 5. The highest BCUT2D eigenvalue weighted by atomic mass is 19.1. The number of guanidine groups is 1. The first-order chi connectivity index (χ1) is 13.1. The van der Waals surface area contributed by atoms with Gasteiger partial charge in [0.05, 0.1) is 6.10 Å². The molecule has 3 rings (SSSR count). The van der Waals surface area contributed by atoms with Gasteiger partial charge in [0.2, 0.25) is 0 Å². The highest BCUT2D eigenvalue weighted by molar-refractivity contribution is 5.80. The van der Waals surface area contributed by atoms with E-state index in [0.29, 0.717) is 12.6 Å². The molecule has 6 heteroatoms. The Morgan fingerprint density at radius 1 is 1.22 bits per heavy atom. The van der Waals surface area contributed by atoms with Gasteiger partial charge < -0.3 is 15.0 Å². The minimum Gasteiger partial charge on any atom is -0.378 e. The fourth-order valence-corrected chi connectivity index (χ4v) is 4.62. The van der Waals surface area contributed by atoms with Gasteiger partial charge in [-0.2, -0.15) is 0 Å². The third-order valence-corrected chi connectivity index (χ3v) is 5.99. The van der Waals surface area contributed by atoms with E-state index in [1.54, 1.807) is 7.05 Å². The summed E-state index contributed by atoms with van der Waals surface area (Å²) < 4.78 is 34.7. The molecule has 0 atom stereocenters. The Morgan fingerprint density at radius 2 is 1.85 bits per heavy atom. The van der Waals surface area contributed by atoms with Crippen LogP contribution in [0.4, 0.5) is 8.78 Å². The molecular weight excluding hydrogens is 348 g/mol. The lowest BCUT2D eigenvalue weighted by Crippen LogP contribution is -2.50. The van der Waals surface area contributed by atoms with Crippen LogP contribution in [0, 0.1) is 11.6 Å². The molecule has 0 amide bonds. The van der Waals surface area contributed by atoms with Gasteiger partial charge in [0.25, 0.3) is 0 Å². The van der Waals surface area contributed by atoms with Crippen molar-refractivity contribution in [1.82, 2.24) is 10.2 Å². The zero-order valence-corrected chi connectivity index (χ0v) is 16.4. The predicted molar refractivity (Wildman–Crippen MR) is 104 cm³/mol. The monoisotopic (exact) mass is 379 g/mol. The molecule has 0 aromatic heterocycles. The van der Waals surface area contributed by atoms with Crippen LogP contribution in [0.3, 0.4) is 0 Å². The van der Waals surface area contributed by atoms with Crippen molar-refractivity contribution in [1.29, 1.82) is 0 Å². The molecule has 0 unspecified atom stereocenters. The van der Waals surface area contributed by atoms with Gasteiger partial charge in [-0.1, -0.05) is 18.9 Å². The van der Waals surface area contributed by atoms with E-state index < -0.39 is 17.0 Å². The summed E-state index contributed by atoms with van der Waals surface area (Å²) in [7, 11) is 1.77. The van der Waals surface area contributed by atoms with Crippen molar-refractivity contribution in [2.75, 3.05) is 33.3 Å². The smallest absolute Gasteiger partial charge is 0.193 e. The number of piperidine rings is 1. The molecule has 0 radical (unpaired) electrons. The molecular formula is C21H31F2N3O. The lowest BCUT2D eigenvalue weighted by molar-refractivity contribution is 0.0263. The Hall–Kier alpha value is -1.69. The maximum Gasteiger partial charge on any atom is 0.193 e. The Morgan fingerprint density at radius 3 is 2.41 bits per heavy atom. The minimum absolute atomic E-state index is 0.237. The van der Waals surface area contributed by atoms with Gasteiger partial charge in [-0.05, 0) is 44.7 Å². The molecule has 1 aromatic carbocycles. The van der Waals surface area contributed by atoms with E-state index in [0.717, 1.165) is 64.2 Å². The maximum atomic E-state index is 14.5. The van der Waals surface area contributed by atoms with Crippen LogP contribution >= 0.6 is 0 Å². The van der Waals surface area contributed by atoms with Gasteiger partial charge in [-0.3, -0.25) is 4.99 Å². The minimum atomic E-state index is -0.505. The molecule has 4 nitrogen and oxygen atoms in total. The number of likely N-dealkylation sites (tertiary alicyclic amines) is 1. The van der Waals surface area contributed by atoms with Crippen LogP contribution in [0.5, 0.6) is 0 Å². The maximum absolute atomic E-state index is 14.5. The number of benzene rings is 1. The lowest BCUT2D eigenvalue weighted by atomic mass is 9.78. The van der Waals surface area contributed by atoms with Gasteiger partial charge >= 0.3 is 0 Å². The molecule has 1 aromatic rings.